The molecule has 1 aromatic rings. The van der Waals surface area contributed by atoms with Gasteiger partial charge in [0.15, 0.2) is 0 Å². The van der Waals surface area contributed by atoms with Gasteiger partial charge in [-0.1, -0.05) is 29.3 Å². The van der Waals surface area contributed by atoms with Crippen LogP contribution in [0.5, 0.6) is 0 Å². The van der Waals surface area contributed by atoms with Gasteiger partial charge in [-0.3, -0.25) is 4.90 Å². The molecule has 1 saturated heterocycles. The van der Waals surface area contributed by atoms with Crippen molar-refractivity contribution < 1.29 is 4.79 Å². The fraction of sp³-hybridized carbons (Fsp3) is 0.533. The molecule has 0 N–H and O–H groups in total. The Kier molecular flexibility index (Phi) is 5.73. The van der Waals surface area contributed by atoms with Crippen LogP contribution >= 0.6 is 23.2 Å². The second-order valence-electron chi connectivity index (χ2n) is 5.50. The molecule has 0 aromatic heterocycles. The van der Waals surface area contributed by atoms with E-state index in [0.717, 1.165) is 39.1 Å². The van der Waals surface area contributed by atoms with Gasteiger partial charge in [0.2, 0.25) is 0 Å². The molecule has 0 aliphatic carbocycles. The highest BCUT2D eigenvalue weighted by atomic mass is 35.5. The van der Waals surface area contributed by atoms with Crippen molar-refractivity contribution in [2.45, 2.75) is 6.42 Å². The number of rotatable bonds is 3. The number of urea groups is 1. The number of carbonyl (C=O) groups is 1. The molecule has 0 unspecified atom stereocenters. The van der Waals surface area contributed by atoms with Crippen LogP contribution in [0.1, 0.15) is 5.56 Å². The summed E-state index contributed by atoms with van der Waals surface area (Å²) >= 11 is 11.9. The van der Waals surface area contributed by atoms with Crippen molar-refractivity contribution in [2.75, 3.05) is 46.8 Å². The molecule has 4 nitrogen and oxygen atoms in total. The van der Waals surface area contributed by atoms with Crippen LogP contribution in [0.25, 0.3) is 0 Å². The Labute approximate surface area is 136 Å². The molecular formula is C15H21Cl2N3O. The number of piperazine rings is 1. The number of halogens is 2. The summed E-state index contributed by atoms with van der Waals surface area (Å²) in [6.45, 7) is 4.39. The molecule has 0 radical (unpaired) electrons. The van der Waals surface area contributed by atoms with E-state index in [0.29, 0.717) is 10.0 Å². The van der Waals surface area contributed by atoms with E-state index in [4.69, 9.17) is 23.2 Å². The number of benzene rings is 1. The molecule has 2 rings (SSSR count). The first-order valence-electron chi connectivity index (χ1n) is 7.10. The Balaban J connectivity index is 1.78. The Morgan fingerprint density at radius 3 is 2.38 bits per heavy atom. The van der Waals surface area contributed by atoms with Crippen LogP contribution in [0.4, 0.5) is 4.79 Å². The maximum absolute atomic E-state index is 11.9. The molecule has 1 aliphatic heterocycles. The molecular weight excluding hydrogens is 309 g/mol. The van der Waals surface area contributed by atoms with Crippen LogP contribution < -0.4 is 0 Å². The lowest BCUT2D eigenvalue weighted by Crippen LogP contribution is -2.51. The molecule has 1 aliphatic rings. The SMILES string of the molecule is CN(C)C(=O)N1CCN(CCc2ccc(Cl)c(Cl)c2)CC1. The van der Waals surface area contributed by atoms with Gasteiger partial charge in [-0.15, -0.1) is 0 Å². The first-order chi connectivity index (χ1) is 9.97. The average molecular weight is 330 g/mol. The lowest BCUT2D eigenvalue weighted by atomic mass is 10.1. The summed E-state index contributed by atoms with van der Waals surface area (Å²) in [6, 6.07) is 5.88. The molecule has 21 heavy (non-hydrogen) atoms. The normalized spacial score (nSPS) is 16.1. The van der Waals surface area contributed by atoms with Crippen molar-refractivity contribution >= 4 is 29.2 Å². The fourth-order valence-electron chi connectivity index (χ4n) is 2.43. The number of nitrogens with zero attached hydrogens (tertiary/aromatic N) is 3. The Morgan fingerprint density at radius 1 is 1.14 bits per heavy atom. The number of amides is 2. The number of hydrogen-bond acceptors (Lipinski definition) is 2. The van der Waals surface area contributed by atoms with Crippen LogP contribution in [0.15, 0.2) is 18.2 Å². The van der Waals surface area contributed by atoms with Crippen LogP contribution in [0, 0.1) is 0 Å². The summed E-state index contributed by atoms with van der Waals surface area (Å²) in [5.41, 5.74) is 1.19. The minimum atomic E-state index is 0.0964. The number of carbonyl (C=O) groups excluding carboxylic acids is 1. The van der Waals surface area contributed by atoms with E-state index in [9.17, 15) is 4.79 Å². The summed E-state index contributed by atoms with van der Waals surface area (Å²) in [4.78, 5) is 17.8. The molecule has 1 aromatic carbocycles. The molecule has 6 heteroatoms. The van der Waals surface area contributed by atoms with E-state index in [-0.39, 0.29) is 6.03 Å². The third-order valence-corrected chi connectivity index (χ3v) is 4.47. The second-order valence-corrected chi connectivity index (χ2v) is 6.32. The monoisotopic (exact) mass is 329 g/mol. The first kappa shape index (κ1) is 16.4. The van der Waals surface area contributed by atoms with Gasteiger partial charge in [-0.2, -0.15) is 0 Å². The number of hydrogen-bond donors (Lipinski definition) is 0. The predicted molar refractivity (Wildman–Crippen MR) is 87.3 cm³/mol. The first-order valence-corrected chi connectivity index (χ1v) is 7.85. The van der Waals surface area contributed by atoms with E-state index >= 15 is 0 Å². The summed E-state index contributed by atoms with van der Waals surface area (Å²) in [5, 5.41) is 1.20. The second kappa shape index (κ2) is 7.34. The summed E-state index contributed by atoms with van der Waals surface area (Å²) in [7, 11) is 3.58. The van der Waals surface area contributed by atoms with Crippen LogP contribution in [0.2, 0.25) is 10.0 Å². The standard InChI is InChI=1S/C15H21Cl2N3O/c1-18(2)15(21)20-9-7-19(8-10-20)6-5-12-3-4-13(16)14(17)11-12/h3-4,11H,5-10H2,1-2H3. The maximum atomic E-state index is 11.9. The quantitative estimate of drug-likeness (QED) is 0.852. The molecule has 0 spiro atoms. The van der Waals surface area contributed by atoms with Gasteiger partial charge in [0.1, 0.15) is 0 Å². The Morgan fingerprint density at radius 2 is 1.81 bits per heavy atom. The third kappa shape index (κ3) is 4.50. The summed E-state index contributed by atoms with van der Waals surface area (Å²) in [5.74, 6) is 0. The van der Waals surface area contributed by atoms with E-state index in [2.05, 4.69) is 4.90 Å². The molecule has 116 valence electrons. The van der Waals surface area contributed by atoms with E-state index in [1.807, 2.05) is 23.1 Å². The van der Waals surface area contributed by atoms with Crippen molar-refractivity contribution in [2.24, 2.45) is 0 Å². The van der Waals surface area contributed by atoms with E-state index in [1.165, 1.54) is 5.56 Å². The van der Waals surface area contributed by atoms with Crippen LogP contribution in [-0.2, 0) is 6.42 Å². The van der Waals surface area contributed by atoms with Crippen LogP contribution in [0.3, 0.4) is 0 Å². The van der Waals surface area contributed by atoms with Gasteiger partial charge in [0, 0.05) is 46.8 Å². The molecule has 1 heterocycles. The third-order valence-electron chi connectivity index (χ3n) is 3.73. The lowest BCUT2D eigenvalue weighted by molar-refractivity contribution is 0.124. The fourth-order valence-corrected chi connectivity index (χ4v) is 2.75. The van der Waals surface area contributed by atoms with Crippen molar-refractivity contribution in [3.05, 3.63) is 33.8 Å². The van der Waals surface area contributed by atoms with Gasteiger partial charge in [0.05, 0.1) is 10.0 Å². The largest absolute Gasteiger partial charge is 0.331 e. The van der Waals surface area contributed by atoms with Gasteiger partial charge in [0.25, 0.3) is 0 Å². The van der Waals surface area contributed by atoms with Crippen molar-refractivity contribution in [3.8, 4) is 0 Å². The Bertz CT molecular complexity index is 500. The molecule has 1 fully saturated rings. The molecule has 0 bridgehead atoms. The predicted octanol–water partition coefficient (Wildman–Crippen LogP) is 2.84. The topological polar surface area (TPSA) is 26.8 Å². The van der Waals surface area contributed by atoms with Gasteiger partial charge >= 0.3 is 6.03 Å². The van der Waals surface area contributed by atoms with Crippen LogP contribution in [-0.4, -0.2) is 67.5 Å². The highest BCUT2D eigenvalue weighted by Crippen LogP contribution is 2.22. The van der Waals surface area contributed by atoms with Gasteiger partial charge in [-0.05, 0) is 24.1 Å². The molecule has 0 atom stereocenters. The van der Waals surface area contributed by atoms with Crippen molar-refractivity contribution in [1.29, 1.82) is 0 Å². The average Bonchev–Trinajstić information content (AvgIpc) is 2.48. The molecule has 0 saturated carbocycles. The molecule has 2 amide bonds. The van der Waals surface area contributed by atoms with E-state index in [1.54, 1.807) is 19.0 Å². The minimum Gasteiger partial charge on any atom is -0.331 e. The van der Waals surface area contributed by atoms with E-state index < -0.39 is 0 Å². The smallest absolute Gasteiger partial charge is 0.319 e. The highest BCUT2D eigenvalue weighted by molar-refractivity contribution is 6.42. The zero-order chi connectivity index (χ0) is 15.4. The Hall–Kier alpha value is -0.970. The van der Waals surface area contributed by atoms with Crippen molar-refractivity contribution in [3.63, 3.8) is 0 Å². The van der Waals surface area contributed by atoms with Gasteiger partial charge < -0.3 is 9.80 Å². The zero-order valence-corrected chi connectivity index (χ0v) is 14.0. The van der Waals surface area contributed by atoms with Crippen molar-refractivity contribution in [1.82, 2.24) is 14.7 Å². The highest BCUT2D eigenvalue weighted by Gasteiger charge is 2.21. The zero-order valence-electron chi connectivity index (χ0n) is 12.5. The maximum Gasteiger partial charge on any atom is 0.319 e. The minimum absolute atomic E-state index is 0.0964. The van der Waals surface area contributed by atoms with Gasteiger partial charge in [-0.25, -0.2) is 4.79 Å². The summed E-state index contributed by atoms with van der Waals surface area (Å²) in [6.07, 6.45) is 0.943. The summed E-state index contributed by atoms with van der Waals surface area (Å²) < 4.78 is 0. The lowest BCUT2D eigenvalue weighted by Gasteiger charge is -2.35.